The maximum Gasteiger partial charge on any atom is 0.323 e. The molecule has 0 aliphatic heterocycles. The van der Waals surface area contributed by atoms with E-state index in [9.17, 15) is 4.79 Å². The van der Waals surface area contributed by atoms with E-state index in [-0.39, 0.29) is 12.1 Å². The number of ether oxygens (including phenoxy) is 1. The third-order valence-electron chi connectivity index (χ3n) is 9.50. The number of nitrogens with two attached hydrogens (primary N) is 1. The van der Waals surface area contributed by atoms with Gasteiger partial charge in [-0.25, -0.2) is 0 Å². The number of fused-ring (bicyclic) bond motifs is 3. The van der Waals surface area contributed by atoms with Gasteiger partial charge in [-0.2, -0.15) is 0 Å². The summed E-state index contributed by atoms with van der Waals surface area (Å²) in [4.78, 5) is 16.1. The molecule has 3 saturated carbocycles. The summed E-state index contributed by atoms with van der Waals surface area (Å²) >= 11 is 0. The number of carbonyl (C=O) groups excluding carboxylic acids is 1. The molecule has 0 amide bonds. The van der Waals surface area contributed by atoms with Gasteiger partial charge in [0.05, 0.1) is 0 Å². The minimum atomic E-state index is -0.608. The summed E-state index contributed by atoms with van der Waals surface area (Å²) in [6, 6.07) is 7.53. The molecule has 31 heavy (non-hydrogen) atoms. The lowest BCUT2D eigenvalue weighted by Crippen LogP contribution is -2.40. The number of hydrogen-bond donors (Lipinski definition) is 2. The molecule has 0 radical (unpaired) electrons. The van der Waals surface area contributed by atoms with Crippen molar-refractivity contribution in [1.29, 1.82) is 0 Å². The fourth-order valence-electron chi connectivity index (χ4n) is 7.30. The number of benzene rings is 1. The zero-order valence-corrected chi connectivity index (χ0v) is 19.3. The Bertz CT molecular complexity index is 944. The summed E-state index contributed by atoms with van der Waals surface area (Å²) in [5.41, 5.74) is 8.94. The molecule has 2 aromatic rings. The van der Waals surface area contributed by atoms with Crippen molar-refractivity contribution >= 4 is 16.9 Å². The summed E-state index contributed by atoms with van der Waals surface area (Å²) in [6.45, 7) is 7.42. The molecular weight excluding hydrogens is 384 g/mol. The summed E-state index contributed by atoms with van der Waals surface area (Å²) < 4.78 is 5.98. The van der Waals surface area contributed by atoms with Crippen LogP contribution in [0.3, 0.4) is 0 Å². The van der Waals surface area contributed by atoms with Gasteiger partial charge in [-0.05, 0) is 85.2 Å². The lowest BCUT2D eigenvalue weighted by molar-refractivity contribution is -0.153. The molecule has 3 aliphatic rings. The monoisotopic (exact) mass is 422 g/mol. The Morgan fingerprint density at radius 3 is 2.74 bits per heavy atom. The summed E-state index contributed by atoms with van der Waals surface area (Å²) in [5.74, 6) is 3.86. The first-order chi connectivity index (χ1) is 14.8. The van der Waals surface area contributed by atoms with Crippen LogP contribution in [0.2, 0.25) is 0 Å². The van der Waals surface area contributed by atoms with Gasteiger partial charge in [0.1, 0.15) is 12.1 Å². The van der Waals surface area contributed by atoms with Gasteiger partial charge in [0.15, 0.2) is 0 Å². The van der Waals surface area contributed by atoms with Gasteiger partial charge in [-0.3, -0.25) is 4.79 Å². The van der Waals surface area contributed by atoms with E-state index in [2.05, 4.69) is 31.8 Å². The quantitative estimate of drug-likeness (QED) is 0.629. The summed E-state index contributed by atoms with van der Waals surface area (Å²) in [7, 11) is 0. The summed E-state index contributed by atoms with van der Waals surface area (Å²) in [5, 5.41) is 1.14. The minimum absolute atomic E-state index is 0.0442. The van der Waals surface area contributed by atoms with Gasteiger partial charge in [0.2, 0.25) is 0 Å². The number of para-hydroxylation sites is 1. The van der Waals surface area contributed by atoms with Crippen molar-refractivity contribution in [2.24, 2.45) is 40.7 Å². The molecule has 3 N–H and O–H groups in total. The standard InChI is InChI=1S/C27H38N2O2/c1-16-22-13-19(27(16,2)3)14-23(22)17-7-6-8-20(11-17)31-26(30)24(28)12-18-15-29-25-10-5-4-9-21(18)25/h4-5,9-10,15-17,19-20,22-24,29H,6-8,11-14,28H2,1-3H3/t16?,17?,19-,20?,22?,23?,24?/m0/s1. The number of esters is 1. The van der Waals surface area contributed by atoms with Crippen LogP contribution in [0.1, 0.15) is 64.9 Å². The zero-order chi connectivity index (χ0) is 21.8. The number of carbonyl (C=O) groups is 1. The molecule has 0 spiro atoms. The number of aromatic amines is 1. The van der Waals surface area contributed by atoms with E-state index in [0.29, 0.717) is 17.8 Å². The molecule has 4 heteroatoms. The van der Waals surface area contributed by atoms with E-state index in [4.69, 9.17) is 10.5 Å². The fourth-order valence-corrected chi connectivity index (χ4v) is 7.30. The summed E-state index contributed by atoms with van der Waals surface area (Å²) in [6.07, 6.45) is 9.81. The highest BCUT2D eigenvalue weighted by atomic mass is 16.5. The Kier molecular flexibility index (Phi) is 5.40. The van der Waals surface area contributed by atoms with E-state index in [1.807, 2.05) is 24.4 Å². The van der Waals surface area contributed by atoms with Crippen molar-refractivity contribution in [3.05, 3.63) is 36.0 Å². The fraction of sp³-hybridized carbons (Fsp3) is 0.667. The predicted molar refractivity (Wildman–Crippen MR) is 124 cm³/mol. The van der Waals surface area contributed by atoms with Crippen LogP contribution in [0.15, 0.2) is 30.5 Å². The SMILES string of the molecule is CC1C2C[C@@H](CC2C2CCCC(OC(=O)C(N)Cc3c[nH]c4ccccc34)C2)C1(C)C. The van der Waals surface area contributed by atoms with Gasteiger partial charge < -0.3 is 15.5 Å². The Labute approximate surface area is 186 Å². The molecule has 1 heterocycles. The van der Waals surface area contributed by atoms with Crippen LogP contribution in [0.4, 0.5) is 0 Å². The Hall–Kier alpha value is -1.81. The highest BCUT2D eigenvalue weighted by Gasteiger charge is 2.56. The van der Waals surface area contributed by atoms with Gasteiger partial charge in [-0.1, -0.05) is 39.0 Å². The average molecular weight is 423 g/mol. The van der Waals surface area contributed by atoms with Gasteiger partial charge >= 0.3 is 5.97 Å². The second-order valence-electron chi connectivity index (χ2n) is 11.3. The van der Waals surface area contributed by atoms with E-state index in [0.717, 1.165) is 53.0 Å². The third kappa shape index (κ3) is 3.71. The Morgan fingerprint density at radius 1 is 1.19 bits per heavy atom. The van der Waals surface area contributed by atoms with Crippen molar-refractivity contribution in [3.63, 3.8) is 0 Å². The van der Waals surface area contributed by atoms with Crippen LogP contribution < -0.4 is 5.73 Å². The number of rotatable bonds is 5. The third-order valence-corrected chi connectivity index (χ3v) is 9.50. The Morgan fingerprint density at radius 2 is 1.97 bits per heavy atom. The molecule has 0 saturated heterocycles. The molecule has 168 valence electrons. The van der Waals surface area contributed by atoms with Gasteiger partial charge in [-0.15, -0.1) is 0 Å². The van der Waals surface area contributed by atoms with Gasteiger partial charge in [0, 0.05) is 23.5 Å². The van der Waals surface area contributed by atoms with Crippen molar-refractivity contribution < 1.29 is 9.53 Å². The van der Waals surface area contributed by atoms with Crippen LogP contribution in [-0.2, 0) is 16.0 Å². The van der Waals surface area contributed by atoms with Crippen molar-refractivity contribution in [2.75, 3.05) is 0 Å². The number of aromatic nitrogens is 1. The first-order valence-electron chi connectivity index (χ1n) is 12.4. The number of hydrogen-bond acceptors (Lipinski definition) is 3. The van der Waals surface area contributed by atoms with E-state index in [1.54, 1.807) is 0 Å². The maximum atomic E-state index is 12.8. The van der Waals surface area contributed by atoms with Crippen molar-refractivity contribution in [3.8, 4) is 0 Å². The molecule has 5 rings (SSSR count). The van der Waals surface area contributed by atoms with E-state index >= 15 is 0 Å². The molecule has 3 fully saturated rings. The first kappa shape index (κ1) is 21.1. The average Bonchev–Trinajstić information content (AvgIpc) is 3.43. The second kappa shape index (κ2) is 7.95. The van der Waals surface area contributed by atoms with Crippen molar-refractivity contribution in [2.45, 2.75) is 77.9 Å². The first-order valence-corrected chi connectivity index (χ1v) is 12.4. The van der Waals surface area contributed by atoms with Crippen LogP contribution in [-0.4, -0.2) is 23.1 Å². The van der Waals surface area contributed by atoms with Crippen LogP contribution in [0.25, 0.3) is 10.9 Å². The topological polar surface area (TPSA) is 68.1 Å². The van der Waals surface area contributed by atoms with Gasteiger partial charge in [0.25, 0.3) is 0 Å². The lowest BCUT2D eigenvalue weighted by atomic mass is 9.62. The van der Waals surface area contributed by atoms with Crippen LogP contribution >= 0.6 is 0 Å². The molecule has 6 unspecified atom stereocenters. The Balaban J connectivity index is 1.18. The van der Waals surface area contributed by atoms with E-state index in [1.165, 1.54) is 25.7 Å². The molecule has 7 atom stereocenters. The molecule has 1 aromatic carbocycles. The number of H-pyrrole nitrogens is 1. The molecule has 4 nitrogen and oxygen atoms in total. The highest BCUT2D eigenvalue weighted by molar-refractivity contribution is 5.84. The van der Waals surface area contributed by atoms with E-state index < -0.39 is 6.04 Å². The number of nitrogens with one attached hydrogen (secondary N) is 1. The smallest absolute Gasteiger partial charge is 0.323 e. The predicted octanol–water partition coefficient (Wildman–Crippen LogP) is 5.46. The lowest BCUT2D eigenvalue weighted by Gasteiger charge is -2.44. The molecule has 3 aliphatic carbocycles. The second-order valence-corrected chi connectivity index (χ2v) is 11.3. The van der Waals surface area contributed by atoms with Crippen LogP contribution in [0, 0.1) is 35.0 Å². The highest BCUT2D eigenvalue weighted by Crippen LogP contribution is 2.63. The van der Waals surface area contributed by atoms with Crippen LogP contribution in [0.5, 0.6) is 0 Å². The molecule has 2 bridgehead atoms. The molecule has 1 aromatic heterocycles. The molecular formula is C27H38N2O2. The normalized spacial score (nSPS) is 35.4. The zero-order valence-electron chi connectivity index (χ0n) is 19.3. The maximum absolute atomic E-state index is 12.8. The minimum Gasteiger partial charge on any atom is -0.461 e. The van der Waals surface area contributed by atoms with Crippen molar-refractivity contribution in [1.82, 2.24) is 4.98 Å². The largest absolute Gasteiger partial charge is 0.461 e.